The van der Waals surface area contributed by atoms with Gasteiger partial charge in [0.15, 0.2) is 0 Å². The zero-order chi connectivity index (χ0) is 21.1. The maximum absolute atomic E-state index is 12.7. The molecule has 4 unspecified atom stereocenters. The molecule has 0 aliphatic carbocycles. The molecule has 0 fully saturated rings. The van der Waals surface area contributed by atoms with Crippen molar-refractivity contribution >= 4 is 17.8 Å². The second kappa shape index (κ2) is 12.1. The molecule has 1 aromatic rings. The molecule has 156 valence electrons. The molecule has 0 heterocycles. The molecular weight excluding hydrogens is 364 g/mol. The van der Waals surface area contributed by atoms with Gasteiger partial charge in [-0.25, -0.2) is 4.79 Å². The second-order valence-electron chi connectivity index (χ2n) is 6.70. The van der Waals surface area contributed by atoms with Gasteiger partial charge in [-0.05, 0) is 38.3 Å². The quantitative estimate of drug-likeness (QED) is 0.250. The number of carbonyl (C=O) groups excluding carboxylic acids is 2. The number of rotatable bonds is 12. The first-order chi connectivity index (χ1) is 13.3. The summed E-state index contributed by atoms with van der Waals surface area (Å²) < 4.78 is 0. The molecule has 8 N–H and O–H groups in total. The maximum atomic E-state index is 12.7. The van der Waals surface area contributed by atoms with Crippen LogP contribution in [0.25, 0.3) is 0 Å². The fraction of sp³-hybridized carbons (Fsp3) is 0.526. The summed E-state index contributed by atoms with van der Waals surface area (Å²) in [5.41, 5.74) is 11.8. The van der Waals surface area contributed by atoms with Crippen LogP contribution in [0, 0.1) is 0 Å². The molecule has 0 aliphatic heterocycles. The van der Waals surface area contributed by atoms with E-state index in [0.717, 1.165) is 5.56 Å². The number of amides is 2. The summed E-state index contributed by atoms with van der Waals surface area (Å²) in [6.07, 6.45) is 0.490. The number of unbranched alkanes of at least 4 members (excludes halogenated alkanes) is 1. The minimum absolute atomic E-state index is 0.153. The largest absolute Gasteiger partial charge is 0.480 e. The molecule has 0 spiro atoms. The van der Waals surface area contributed by atoms with Crippen molar-refractivity contribution in [2.45, 2.75) is 56.8 Å². The van der Waals surface area contributed by atoms with Crippen molar-refractivity contribution in [3.8, 4) is 0 Å². The third-order valence-electron chi connectivity index (χ3n) is 4.30. The smallest absolute Gasteiger partial charge is 0.326 e. The van der Waals surface area contributed by atoms with Crippen molar-refractivity contribution in [3.05, 3.63) is 35.9 Å². The van der Waals surface area contributed by atoms with Crippen molar-refractivity contribution in [2.75, 3.05) is 6.54 Å². The lowest BCUT2D eigenvalue weighted by Gasteiger charge is -2.23. The fourth-order valence-corrected chi connectivity index (χ4v) is 2.57. The average molecular weight is 394 g/mol. The number of carbonyl (C=O) groups is 3. The number of nitrogens with two attached hydrogens (primary N) is 2. The zero-order valence-corrected chi connectivity index (χ0v) is 16.0. The summed E-state index contributed by atoms with van der Waals surface area (Å²) in [7, 11) is 0. The van der Waals surface area contributed by atoms with Crippen molar-refractivity contribution in [2.24, 2.45) is 11.5 Å². The van der Waals surface area contributed by atoms with Gasteiger partial charge in [0, 0.05) is 6.42 Å². The number of hydrogen-bond donors (Lipinski definition) is 6. The molecule has 4 atom stereocenters. The van der Waals surface area contributed by atoms with E-state index in [0.29, 0.717) is 19.4 Å². The second-order valence-corrected chi connectivity index (χ2v) is 6.70. The predicted molar refractivity (Wildman–Crippen MR) is 104 cm³/mol. The number of carboxylic acid groups (broad SMARTS) is 1. The summed E-state index contributed by atoms with van der Waals surface area (Å²) in [6, 6.07) is 5.66. The number of aliphatic hydroxyl groups is 1. The minimum Gasteiger partial charge on any atom is -0.480 e. The minimum atomic E-state index is -1.20. The Hall–Kier alpha value is -2.49. The van der Waals surface area contributed by atoms with Crippen molar-refractivity contribution < 1.29 is 24.6 Å². The van der Waals surface area contributed by atoms with Gasteiger partial charge in [0.2, 0.25) is 11.8 Å². The molecule has 0 radical (unpaired) electrons. The SMILES string of the molecule is CC(O)C(N)C(=O)NC(Cc1ccccc1)C(=O)NC(CCCCN)C(=O)O. The van der Waals surface area contributed by atoms with Gasteiger partial charge in [-0.1, -0.05) is 30.3 Å². The van der Waals surface area contributed by atoms with Crippen LogP contribution >= 0.6 is 0 Å². The van der Waals surface area contributed by atoms with E-state index in [1.54, 1.807) is 24.3 Å². The van der Waals surface area contributed by atoms with Gasteiger partial charge in [0.1, 0.15) is 18.1 Å². The van der Waals surface area contributed by atoms with Crippen molar-refractivity contribution in [3.63, 3.8) is 0 Å². The van der Waals surface area contributed by atoms with Gasteiger partial charge in [-0.15, -0.1) is 0 Å². The fourth-order valence-electron chi connectivity index (χ4n) is 2.57. The lowest BCUT2D eigenvalue weighted by atomic mass is 10.0. The molecule has 9 heteroatoms. The standard InChI is InChI=1S/C19H30N4O5/c1-12(24)16(21)18(26)23-15(11-13-7-3-2-4-8-13)17(25)22-14(19(27)28)9-5-6-10-20/h2-4,7-8,12,14-16,24H,5-6,9-11,20-21H2,1H3,(H,22,25)(H,23,26)(H,27,28). The van der Waals surface area contributed by atoms with Crippen LogP contribution < -0.4 is 22.1 Å². The third-order valence-corrected chi connectivity index (χ3v) is 4.30. The van der Waals surface area contributed by atoms with E-state index in [1.807, 2.05) is 6.07 Å². The van der Waals surface area contributed by atoms with E-state index >= 15 is 0 Å². The number of aliphatic carboxylic acids is 1. The third kappa shape index (κ3) is 8.03. The Morgan fingerprint density at radius 3 is 2.18 bits per heavy atom. The van der Waals surface area contributed by atoms with E-state index in [1.165, 1.54) is 6.92 Å². The maximum Gasteiger partial charge on any atom is 0.326 e. The Balaban J connectivity index is 2.90. The Kier molecular flexibility index (Phi) is 10.1. The molecule has 9 nitrogen and oxygen atoms in total. The van der Waals surface area contributed by atoms with Crippen LogP contribution in [0.5, 0.6) is 0 Å². The van der Waals surface area contributed by atoms with Crippen LogP contribution in [0.1, 0.15) is 31.7 Å². The Morgan fingerprint density at radius 1 is 1.04 bits per heavy atom. The Morgan fingerprint density at radius 2 is 1.64 bits per heavy atom. The average Bonchev–Trinajstić information content (AvgIpc) is 2.66. The van der Waals surface area contributed by atoms with Crippen molar-refractivity contribution in [1.82, 2.24) is 10.6 Å². The molecule has 0 aliphatic rings. The van der Waals surface area contributed by atoms with E-state index < -0.39 is 42.0 Å². The topological polar surface area (TPSA) is 168 Å². The number of aliphatic hydroxyl groups excluding tert-OH is 1. The van der Waals surface area contributed by atoms with Gasteiger partial charge in [0.05, 0.1) is 6.10 Å². The highest BCUT2D eigenvalue weighted by atomic mass is 16.4. The van der Waals surface area contributed by atoms with Gasteiger partial charge >= 0.3 is 5.97 Å². The van der Waals surface area contributed by atoms with Crippen LogP contribution in [0.4, 0.5) is 0 Å². The number of carboxylic acids is 1. The summed E-state index contributed by atoms with van der Waals surface area (Å²) in [5, 5.41) is 23.8. The zero-order valence-electron chi connectivity index (χ0n) is 16.0. The first-order valence-corrected chi connectivity index (χ1v) is 9.27. The Labute approximate surface area is 164 Å². The summed E-state index contributed by atoms with van der Waals surface area (Å²) in [4.78, 5) is 36.4. The van der Waals surface area contributed by atoms with Crippen LogP contribution in [0.2, 0.25) is 0 Å². The number of nitrogens with one attached hydrogen (secondary N) is 2. The molecule has 0 aromatic heterocycles. The van der Waals surface area contributed by atoms with E-state index in [9.17, 15) is 24.6 Å². The molecule has 2 amide bonds. The molecule has 0 saturated heterocycles. The van der Waals surface area contributed by atoms with Gasteiger partial charge in [0.25, 0.3) is 0 Å². The molecule has 28 heavy (non-hydrogen) atoms. The molecule has 0 saturated carbocycles. The molecule has 0 bridgehead atoms. The predicted octanol–water partition coefficient (Wildman–Crippen LogP) is -0.880. The summed E-state index contributed by atoms with van der Waals surface area (Å²) in [6.45, 7) is 1.80. The molecule has 1 aromatic carbocycles. The molecule has 1 rings (SSSR count). The highest BCUT2D eigenvalue weighted by Gasteiger charge is 2.29. The number of hydrogen-bond acceptors (Lipinski definition) is 6. The lowest BCUT2D eigenvalue weighted by molar-refractivity contribution is -0.142. The van der Waals surface area contributed by atoms with Crippen LogP contribution in [0.15, 0.2) is 30.3 Å². The van der Waals surface area contributed by atoms with Gasteiger partial charge < -0.3 is 32.3 Å². The monoisotopic (exact) mass is 394 g/mol. The first-order valence-electron chi connectivity index (χ1n) is 9.27. The summed E-state index contributed by atoms with van der Waals surface area (Å²) >= 11 is 0. The first kappa shape index (κ1) is 23.5. The Bertz CT molecular complexity index is 638. The van der Waals surface area contributed by atoms with Gasteiger partial charge in [-0.2, -0.15) is 0 Å². The van der Waals surface area contributed by atoms with Crippen molar-refractivity contribution in [1.29, 1.82) is 0 Å². The number of benzene rings is 1. The van der Waals surface area contributed by atoms with E-state index in [2.05, 4.69) is 10.6 Å². The summed E-state index contributed by atoms with van der Waals surface area (Å²) in [5.74, 6) is -2.48. The van der Waals surface area contributed by atoms with Crippen LogP contribution in [0.3, 0.4) is 0 Å². The highest BCUT2D eigenvalue weighted by Crippen LogP contribution is 2.07. The van der Waals surface area contributed by atoms with Gasteiger partial charge in [-0.3, -0.25) is 9.59 Å². The normalized spacial score (nSPS) is 15.1. The lowest BCUT2D eigenvalue weighted by Crippen LogP contribution is -2.56. The van der Waals surface area contributed by atoms with Crippen LogP contribution in [-0.2, 0) is 20.8 Å². The highest BCUT2D eigenvalue weighted by molar-refractivity contribution is 5.92. The van der Waals surface area contributed by atoms with Crippen LogP contribution in [-0.4, -0.2) is 58.8 Å². The molecular formula is C19H30N4O5. The van der Waals surface area contributed by atoms with E-state index in [-0.39, 0.29) is 12.8 Å². The van der Waals surface area contributed by atoms with E-state index in [4.69, 9.17) is 11.5 Å².